The van der Waals surface area contributed by atoms with Crippen LogP contribution in [0.25, 0.3) is 33.1 Å². The average molecular weight is 877 g/mol. The lowest BCUT2D eigenvalue weighted by atomic mass is 9.93. The number of piperazine rings is 1. The van der Waals surface area contributed by atoms with Crippen molar-refractivity contribution in [2.24, 2.45) is 7.05 Å². The molecule has 1 N–H and O–H groups in total. The number of piperidine rings is 1. The van der Waals surface area contributed by atoms with Gasteiger partial charge in [0.25, 0.3) is 5.91 Å². The van der Waals surface area contributed by atoms with Gasteiger partial charge in [0, 0.05) is 62.5 Å². The number of unbranched alkanes of at least 4 members (excludes halogenated alkanes) is 1. The number of ether oxygens (including phenoxy) is 3. The largest absolute Gasteiger partial charge is 0.494 e. The van der Waals surface area contributed by atoms with E-state index in [4.69, 9.17) is 14.2 Å². The molecule has 1 unspecified atom stereocenters. The van der Waals surface area contributed by atoms with Gasteiger partial charge in [-0.1, -0.05) is 54.6 Å². The van der Waals surface area contributed by atoms with Crippen molar-refractivity contribution < 1.29 is 33.0 Å². The fourth-order valence-electron chi connectivity index (χ4n) is 9.09. The Hall–Kier alpha value is -6.99. The van der Waals surface area contributed by atoms with Gasteiger partial charge in [0.15, 0.2) is 6.61 Å². The molecule has 0 radical (unpaired) electrons. The molecule has 5 aromatic carbocycles. The highest BCUT2D eigenvalue weighted by atomic mass is 19.1. The van der Waals surface area contributed by atoms with Crippen molar-refractivity contribution in [3.05, 3.63) is 143 Å². The van der Waals surface area contributed by atoms with Crippen LogP contribution in [0.15, 0.2) is 115 Å². The first-order valence-electron chi connectivity index (χ1n) is 22.4. The third-order valence-corrected chi connectivity index (χ3v) is 12.6. The summed E-state index contributed by atoms with van der Waals surface area (Å²) in [6.45, 7) is 7.53. The van der Waals surface area contributed by atoms with E-state index in [1.165, 1.54) is 12.1 Å². The molecular weight excluding hydrogens is 824 g/mol. The molecule has 1 atom stereocenters. The molecule has 9 rings (SSSR count). The molecule has 3 amide bonds. The summed E-state index contributed by atoms with van der Waals surface area (Å²) in [5.74, 6) is 0.689. The molecule has 0 aliphatic carbocycles. The Balaban J connectivity index is 0.735. The first-order chi connectivity index (χ1) is 31.7. The molecule has 65 heavy (non-hydrogen) atoms. The van der Waals surface area contributed by atoms with Crippen molar-refractivity contribution in [2.45, 2.75) is 51.7 Å². The van der Waals surface area contributed by atoms with Crippen molar-refractivity contribution in [2.75, 3.05) is 45.9 Å². The number of carbonyl (C=O) groups excluding carboxylic acids is 3. The molecule has 0 saturated carbocycles. The maximum absolute atomic E-state index is 14.0. The van der Waals surface area contributed by atoms with E-state index < -0.39 is 5.92 Å². The molecule has 2 aromatic heterocycles. The van der Waals surface area contributed by atoms with Crippen LogP contribution in [0.4, 0.5) is 4.39 Å². The highest BCUT2D eigenvalue weighted by Crippen LogP contribution is 2.37. The Morgan fingerprint density at radius 3 is 2.34 bits per heavy atom. The van der Waals surface area contributed by atoms with Crippen LogP contribution in [0.1, 0.15) is 54.0 Å². The summed E-state index contributed by atoms with van der Waals surface area (Å²) in [6.07, 6.45) is 2.56. The van der Waals surface area contributed by atoms with Crippen LogP contribution in [0.2, 0.25) is 0 Å². The number of rotatable bonds is 16. The predicted octanol–water partition coefficient (Wildman–Crippen LogP) is 8.17. The molecule has 2 aliphatic heterocycles. The lowest BCUT2D eigenvalue weighted by Crippen LogP contribution is -2.50. The van der Waals surface area contributed by atoms with Gasteiger partial charge in [-0.25, -0.2) is 4.39 Å². The van der Waals surface area contributed by atoms with Crippen LogP contribution in [0.5, 0.6) is 17.2 Å². The number of aromatic nitrogens is 3. The second-order valence-corrected chi connectivity index (χ2v) is 16.9. The highest BCUT2D eigenvalue weighted by Gasteiger charge is 2.32. The van der Waals surface area contributed by atoms with E-state index in [0.29, 0.717) is 56.2 Å². The number of amides is 3. The summed E-state index contributed by atoms with van der Waals surface area (Å²) in [4.78, 5) is 41.7. The van der Waals surface area contributed by atoms with E-state index in [9.17, 15) is 18.8 Å². The minimum Gasteiger partial charge on any atom is -0.494 e. The van der Waals surface area contributed by atoms with Gasteiger partial charge in [0.1, 0.15) is 35.2 Å². The van der Waals surface area contributed by atoms with E-state index in [0.717, 1.165) is 88.2 Å². The topological polar surface area (TPSA) is 120 Å². The number of para-hydroxylation sites is 1. The van der Waals surface area contributed by atoms with Gasteiger partial charge in [-0.15, -0.1) is 0 Å². The number of halogens is 1. The molecule has 7 aromatic rings. The zero-order chi connectivity index (χ0) is 44.9. The summed E-state index contributed by atoms with van der Waals surface area (Å²) in [5, 5.41) is 8.90. The summed E-state index contributed by atoms with van der Waals surface area (Å²) in [6, 6.07) is 36.8. The van der Waals surface area contributed by atoms with Gasteiger partial charge >= 0.3 is 0 Å². The maximum Gasteiger partial charge on any atom is 0.260 e. The van der Waals surface area contributed by atoms with Crippen molar-refractivity contribution in [3.63, 3.8) is 0 Å². The molecule has 12 nitrogen and oxygen atoms in total. The quantitative estimate of drug-likeness (QED) is 0.0763. The Kier molecular flexibility index (Phi) is 12.9. The van der Waals surface area contributed by atoms with Gasteiger partial charge in [-0.05, 0) is 116 Å². The van der Waals surface area contributed by atoms with E-state index in [2.05, 4.69) is 63.2 Å². The van der Waals surface area contributed by atoms with E-state index in [-0.39, 0.29) is 36.6 Å². The number of benzene rings is 5. The first kappa shape index (κ1) is 43.3. The summed E-state index contributed by atoms with van der Waals surface area (Å²) in [5.41, 5.74) is 7.73. The number of imide groups is 1. The Morgan fingerprint density at radius 1 is 0.800 bits per heavy atom. The predicted molar refractivity (Wildman–Crippen MR) is 247 cm³/mol. The van der Waals surface area contributed by atoms with Crippen LogP contribution in [-0.4, -0.2) is 87.8 Å². The van der Waals surface area contributed by atoms with Crippen LogP contribution >= 0.6 is 0 Å². The number of aryl methyl sites for hydroxylation is 2. The lowest BCUT2D eigenvalue weighted by Gasteiger charge is -2.34. The van der Waals surface area contributed by atoms with Crippen LogP contribution in [0.3, 0.4) is 0 Å². The monoisotopic (exact) mass is 876 g/mol. The third-order valence-electron chi connectivity index (χ3n) is 12.6. The Labute approximate surface area is 377 Å². The van der Waals surface area contributed by atoms with E-state index in [1.807, 2.05) is 71.6 Å². The van der Waals surface area contributed by atoms with Gasteiger partial charge < -0.3 is 23.7 Å². The number of hydrogen-bond donors (Lipinski definition) is 1. The van der Waals surface area contributed by atoms with Gasteiger partial charge in [-0.3, -0.25) is 29.3 Å². The number of fused-ring (bicyclic) bond motifs is 2. The SMILES string of the molecule is Cc1c(-c2ccc(F)cc2)n(Cc2ccc(OCCCCN3CCN(C(=O)COc4cccc5c(C6CCC(=O)NC6=O)nn(C)c45)CC3)cc2)c2ccc(OCc3ccccc3)cc12. The molecule has 2 fully saturated rings. The molecule has 2 aliphatic rings. The van der Waals surface area contributed by atoms with Gasteiger partial charge in [0.05, 0.1) is 23.9 Å². The Morgan fingerprint density at radius 2 is 1.57 bits per heavy atom. The van der Waals surface area contributed by atoms with Crippen LogP contribution in [0, 0.1) is 12.7 Å². The number of nitrogens with one attached hydrogen (secondary N) is 1. The smallest absolute Gasteiger partial charge is 0.260 e. The van der Waals surface area contributed by atoms with Crippen LogP contribution in [-0.2, 0) is 34.6 Å². The normalized spacial score (nSPS) is 15.7. The van der Waals surface area contributed by atoms with Crippen molar-refractivity contribution in [1.82, 2.24) is 29.5 Å². The van der Waals surface area contributed by atoms with E-state index >= 15 is 0 Å². The Bertz CT molecular complexity index is 2810. The molecule has 4 heterocycles. The average Bonchev–Trinajstić information content (AvgIpc) is 3.80. The summed E-state index contributed by atoms with van der Waals surface area (Å²) in [7, 11) is 1.79. The number of nitrogens with zero attached hydrogens (tertiary/aromatic N) is 5. The zero-order valence-corrected chi connectivity index (χ0v) is 36.8. The first-order valence-corrected chi connectivity index (χ1v) is 22.4. The minimum atomic E-state index is -0.517. The number of hydrogen-bond acceptors (Lipinski definition) is 8. The molecule has 334 valence electrons. The highest BCUT2D eigenvalue weighted by molar-refractivity contribution is 6.03. The second-order valence-electron chi connectivity index (χ2n) is 16.9. The molecule has 0 bridgehead atoms. The lowest BCUT2D eigenvalue weighted by molar-refractivity contribution is -0.135. The van der Waals surface area contributed by atoms with Gasteiger partial charge in [-0.2, -0.15) is 5.10 Å². The second kappa shape index (κ2) is 19.4. The molecule has 2 saturated heterocycles. The molecule has 13 heteroatoms. The zero-order valence-electron chi connectivity index (χ0n) is 36.8. The molecule has 0 spiro atoms. The van der Waals surface area contributed by atoms with Crippen LogP contribution < -0.4 is 19.5 Å². The fraction of sp³-hybridized carbons (Fsp3) is 0.308. The van der Waals surface area contributed by atoms with Gasteiger partial charge in [0.2, 0.25) is 11.8 Å². The maximum atomic E-state index is 14.0. The fourth-order valence-corrected chi connectivity index (χ4v) is 9.09. The number of carbonyl (C=O) groups is 3. The minimum absolute atomic E-state index is 0.0716. The van der Waals surface area contributed by atoms with Crippen molar-refractivity contribution >= 4 is 39.5 Å². The molecular formula is C52H53FN6O6. The third kappa shape index (κ3) is 9.75. The summed E-state index contributed by atoms with van der Waals surface area (Å²) < 4.78 is 36.4. The standard InChI is InChI=1S/C52H53FN6O6/c1-35-44-31-41(64-33-37-9-4-3-5-10-37)21-23-45(44)59(50(35)38-15-17-39(53)18-16-38)32-36-13-19-40(20-14-36)63-30-7-6-25-57-26-28-58(29-27-57)48(61)34-65-46-12-8-11-42-49(55-56(2)51(42)46)43-22-24-47(60)54-52(43)62/h3-5,8-21,23,31,43H,6-7,22,24-30,32-34H2,1-2H3,(H,54,60,62). The van der Waals surface area contributed by atoms with Crippen molar-refractivity contribution in [1.29, 1.82) is 0 Å². The summed E-state index contributed by atoms with van der Waals surface area (Å²) >= 11 is 0. The van der Waals surface area contributed by atoms with E-state index in [1.54, 1.807) is 11.7 Å². The van der Waals surface area contributed by atoms with Crippen molar-refractivity contribution in [3.8, 4) is 28.5 Å².